The maximum atomic E-state index is 12.9. The molecule has 1 atom stereocenters. The molecule has 0 spiro atoms. The smallest absolute Gasteiger partial charge is 0.290 e. The zero-order valence-corrected chi connectivity index (χ0v) is 15.6. The van der Waals surface area contributed by atoms with Gasteiger partial charge in [-0.15, -0.1) is 0 Å². The second-order valence-electron chi connectivity index (χ2n) is 6.41. The number of carbonyl (C=O) groups is 2. The van der Waals surface area contributed by atoms with E-state index in [0.717, 1.165) is 18.7 Å². The first-order valence-electron chi connectivity index (χ1n) is 9.18. The van der Waals surface area contributed by atoms with E-state index < -0.39 is 23.5 Å². The van der Waals surface area contributed by atoms with Crippen LogP contribution in [0.5, 0.6) is 0 Å². The van der Waals surface area contributed by atoms with Gasteiger partial charge in [0.25, 0.3) is 5.91 Å². The van der Waals surface area contributed by atoms with E-state index in [-0.39, 0.29) is 11.3 Å². The number of carbonyl (C=O) groups excluding carboxylic acids is 2. The molecular weight excluding hydrogens is 344 g/mol. The minimum atomic E-state index is -0.633. The molecule has 0 radical (unpaired) electrons. The lowest BCUT2D eigenvalue weighted by Crippen LogP contribution is -2.38. The molecule has 1 aromatic carbocycles. The molecular formula is C21H24N2O4. The molecule has 2 heterocycles. The number of likely N-dealkylation sites (N-methyl/N-ethyl adjacent to an activating group) is 1. The lowest BCUT2D eigenvalue weighted by molar-refractivity contribution is -0.129. The van der Waals surface area contributed by atoms with Crippen molar-refractivity contribution in [1.82, 2.24) is 9.80 Å². The number of ketones is 1. The van der Waals surface area contributed by atoms with E-state index in [0.29, 0.717) is 13.1 Å². The predicted molar refractivity (Wildman–Crippen MR) is 101 cm³/mol. The first kappa shape index (κ1) is 18.9. The van der Waals surface area contributed by atoms with Gasteiger partial charge in [0, 0.05) is 13.1 Å². The molecule has 6 nitrogen and oxygen atoms in total. The van der Waals surface area contributed by atoms with Crippen LogP contribution in [0.3, 0.4) is 0 Å². The first-order valence-corrected chi connectivity index (χ1v) is 9.18. The van der Waals surface area contributed by atoms with Crippen molar-refractivity contribution in [3.8, 4) is 0 Å². The Labute approximate surface area is 158 Å². The molecule has 0 bridgehead atoms. The zero-order chi connectivity index (χ0) is 19.4. The van der Waals surface area contributed by atoms with Gasteiger partial charge in [-0.05, 0) is 30.8 Å². The Balaban J connectivity index is 1.98. The topological polar surface area (TPSA) is 74.0 Å². The van der Waals surface area contributed by atoms with E-state index in [1.54, 1.807) is 11.0 Å². The number of aliphatic hydroxyl groups is 1. The SMILES string of the molecule is CCN(CC)CCN1C(=O)C(O)=C(C(=O)c2ccco2)C1c1ccccc1. The van der Waals surface area contributed by atoms with Crippen LogP contribution in [0.4, 0.5) is 0 Å². The number of rotatable bonds is 8. The summed E-state index contributed by atoms with van der Waals surface area (Å²) in [7, 11) is 0. The third kappa shape index (κ3) is 3.66. The van der Waals surface area contributed by atoms with Gasteiger partial charge in [-0.3, -0.25) is 9.59 Å². The van der Waals surface area contributed by atoms with E-state index in [1.807, 2.05) is 30.3 Å². The Hall–Kier alpha value is -2.86. The lowest BCUT2D eigenvalue weighted by atomic mass is 9.95. The fraction of sp³-hybridized carbons (Fsp3) is 0.333. The second-order valence-corrected chi connectivity index (χ2v) is 6.41. The minimum absolute atomic E-state index is 0.0701. The molecule has 1 unspecified atom stereocenters. The standard InChI is InChI=1S/C21H24N2O4/c1-3-22(4-2)12-13-23-18(15-9-6-5-7-10-15)17(20(25)21(23)26)19(24)16-11-8-14-27-16/h5-11,14,18,25H,3-4,12-13H2,1-2H3. The average Bonchev–Trinajstić information content (AvgIpc) is 3.31. The summed E-state index contributed by atoms with van der Waals surface area (Å²) >= 11 is 0. The van der Waals surface area contributed by atoms with E-state index in [4.69, 9.17) is 4.42 Å². The average molecular weight is 368 g/mol. The molecule has 3 rings (SSSR count). The van der Waals surface area contributed by atoms with Gasteiger partial charge in [-0.1, -0.05) is 44.2 Å². The van der Waals surface area contributed by atoms with Gasteiger partial charge < -0.3 is 19.3 Å². The van der Waals surface area contributed by atoms with E-state index >= 15 is 0 Å². The van der Waals surface area contributed by atoms with Gasteiger partial charge in [0.05, 0.1) is 17.9 Å². The Morgan fingerprint density at radius 3 is 2.44 bits per heavy atom. The molecule has 1 amide bonds. The van der Waals surface area contributed by atoms with Gasteiger partial charge in [0.15, 0.2) is 11.5 Å². The monoisotopic (exact) mass is 368 g/mol. The molecule has 1 aliphatic rings. The summed E-state index contributed by atoms with van der Waals surface area (Å²) in [6.07, 6.45) is 1.40. The van der Waals surface area contributed by atoms with Gasteiger partial charge in [-0.25, -0.2) is 0 Å². The van der Waals surface area contributed by atoms with Crippen molar-refractivity contribution in [3.63, 3.8) is 0 Å². The largest absolute Gasteiger partial charge is 0.503 e. The molecule has 142 valence electrons. The molecule has 0 saturated carbocycles. The lowest BCUT2D eigenvalue weighted by Gasteiger charge is -2.29. The van der Waals surface area contributed by atoms with Crippen LogP contribution in [0.15, 0.2) is 64.5 Å². The third-order valence-corrected chi connectivity index (χ3v) is 4.96. The highest BCUT2D eigenvalue weighted by Gasteiger charge is 2.44. The summed E-state index contributed by atoms with van der Waals surface area (Å²) < 4.78 is 5.21. The number of nitrogens with zero attached hydrogens (tertiary/aromatic N) is 2. The molecule has 0 aliphatic carbocycles. The first-order chi connectivity index (χ1) is 13.1. The quantitative estimate of drug-likeness (QED) is 0.725. The van der Waals surface area contributed by atoms with Gasteiger partial charge in [0.2, 0.25) is 5.78 Å². The predicted octanol–water partition coefficient (Wildman–Crippen LogP) is 3.20. The van der Waals surface area contributed by atoms with Crippen LogP contribution in [-0.4, -0.2) is 52.8 Å². The number of furan rings is 1. The molecule has 1 aliphatic heterocycles. The molecule has 27 heavy (non-hydrogen) atoms. The van der Waals surface area contributed by atoms with Gasteiger partial charge >= 0.3 is 0 Å². The number of benzene rings is 1. The van der Waals surface area contributed by atoms with Crippen LogP contribution in [0.2, 0.25) is 0 Å². The molecule has 2 aromatic rings. The van der Waals surface area contributed by atoms with E-state index in [9.17, 15) is 14.7 Å². The number of aliphatic hydroxyl groups excluding tert-OH is 1. The zero-order valence-electron chi connectivity index (χ0n) is 15.6. The minimum Gasteiger partial charge on any atom is -0.503 e. The van der Waals surface area contributed by atoms with Crippen molar-refractivity contribution in [1.29, 1.82) is 0 Å². The summed E-state index contributed by atoms with van der Waals surface area (Å²) in [6.45, 7) is 6.94. The number of hydrogen-bond donors (Lipinski definition) is 1. The third-order valence-electron chi connectivity index (χ3n) is 4.96. The fourth-order valence-electron chi connectivity index (χ4n) is 3.43. The molecule has 6 heteroatoms. The van der Waals surface area contributed by atoms with Crippen molar-refractivity contribution < 1.29 is 19.1 Å². The highest BCUT2D eigenvalue weighted by molar-refractivity contribution is 6.15. The maximum absolute atomic E-state index is 12.9. The summed E-state index contributed by atoms with van der Waals surface area (Å²) in [4.78, 5) is 29.5. The second kappa shape index (κ2) is 8.22. The Bertz CT molecular complexity index is 823. The summed E-state index contributed by atoms with van der Waals surface area (Å²) in [5.74, 6) is -1.38. The van der Waals surface area contributed by atoms with Crippen molar-refractivity contribution in [2.45, 2.75) is 19.9 Å². The highest BCUT2D eigenvalue weighted by atomic mass is 16.3. The molecule has 1 aromatic heterocycles. The van der Waals surface area contributed by atoms with Gasteiger partial charge in [-0.2, -0.15) is 0 Å². The maximum Gasteiger partial charge on any atom is 0.290 e. The molecule has 1 N–H and O–H groups in total. The fourth-order valence-corrected chi connectivity index (χ4v) is 3.43. The van der Waals surface area contributed by atoms with Crippen LogP contribution in [0.25, 0.3) is 0 Å². The Morgan fingerprint density at radius 1 is 1.15 bits per heavy atom. The van der Waals surface area contributed by atoms with E-state index in [1.165, 1.54) is 12.3 Å². The summed E-state index contributed by atoms with van der Waals surface area (Å²) in [6, 6.07) is 11.8. The van der Waals surface area contributed by atoms with Crippen LogP contribution in [0, 0.1) is 0 Å². The number of Topliss-reactive ketones (excluding diaryl/α,β-unsaturated/α-hetero) is 1. The van der Waals surface area contributed by atoms with Crippen molar-refractivity contribution >= 4 is 11.7 Å². The normalized spacial score (nSPS) is 17.2. The van der Waals surface area contributed by atoms with Crippen molar-refractivity contribution in [3.05, 3.63) is 71.4 Å². The summed E-state index contributed by atoms with van der Waals surface area (Å²) in [5, 5.41) is 10.5. The Morgan fingerprint density at radius 2 is 1.85 bits per heavy atom. The van der Waals surface area contributed by atoms with Crippen molar-refractivity contribution in [2.24, 2.45) is 0 Å². The molecule has 0 fully saturated rings. The Kier molecular flexibility index (Phi) is 5.76. The van der Waals surface area contributed by atoms with Gasteiger partial charge in [0.1, 0.15) is 0 Å². The summed E-state index contributed by atoms with van der Waals surface area (Å²) in [5.41, 5.74) is 0.852. The van der Waals surface area contributed by atoms with E-state index in [2.05, 4.69) is 18.7 Å². The van der Waals surface area contributed by atoms with Crippen LogP contribution < -0.4 is 0 Å². The van der Waals surface area contributed by atoms with Crippen LogP contribution >= 0.6 is 0 Å². The number of hydrogen-bond acceptors (Lipinski definition) is 5. The van der Waals surface area contributed by atoms with Crippen LogP contribution in [0.1, 0.15) is 36.0 Å². The van der Waals surface area contributed by atoms with Crippen molar-refractivity contribution in [2.75, 3.05) is 26.2 Å². The van der Waals surface area contributed by atoms with Crippen LogP contribution in [-0.2, 0) is 4.79 Å². The highest BCUT2D eigenvalue weighted by Crippen LogP contribution is 2.38. The molecule has 0 saturated heterocycles. The number of amides is 1.